The van der Waals surface area contributed by atoms with Crippen molar-refractivity contribution in [3.8, 4) is 0 Å². The van der Waals surface area contributed by atoms with Gasteiger partial charge in [-0.2, -0.15) is 0 Å². The molecule has 1 amide bonds. The molecular weight excluding hydrogens is 356 g/mol. The highest BCUT2D eigenvalue weighted by atomic mass is 16.5. The number of amides is 1. The fourth-order valence-electron chi connectivity index (χ4n) is 2.80. The first-order chi connectivity index (χ1) is 13.6. The Morgan fingerprint density at radius 3 is 2.75 bits per heavy atom. The fourth-order valence-corrected chi connectivity index (χ4v) is 2.80. The Hall–Kier alpha value is -2.12. The summed E-state index contributed by atoms with van der Waals surface area (Å²) in [6, 6.07) is 10.3. The van der Waals surface area contributed by atoms with Crippen LogP contribution in [0.15, 0.2) is 35.3 Å². The van der Waals surface area contributed by atoms with Gasteiger partial charge in [0.2, 0.25) is 5.91 Å². The van der Waals surface area contributed by atoms with E-state index < -0.39 is 0 Å². The van der Waals surface area contributed by atoms with Crippen molar-refractivity contribution in [2.24, 2.45) is 4.99 Å². The number of guanidine groups is 1. The molecule has 156 valence electrons. The number of ether oxygens (including phenoxy) is 2. The molecule has 2 rings (SSSR count). The smallest absolute Gasteiger partial charge is 0.243 e. The minimum absolute atomic E-state index is 0.0240. The van der Waals surface area contributed by atoms with Gasteiger partial charge in [-0.25, -0.2) is 4.99 Å². The van der Waals surface area contributed by atoms with Gasteiger partial charge in [0.25, 0.3) is 0 Å². The van der Waals surface area contributed by atoms with Crippen molar-refractivity contribution < 1.29 is 14.3 Å². The summed E-state index contributed by atoms with van der Waals surface area (Å²) in [5, 5.41) is 6.59. The lowest BCUT2D eigenvalue weighted by molar-refractivity contribution is -0.127. The van der Waals surface area contributed by atoms with Crippen molar-refractivity contribution in [3.05, 3.63) is 35.9 Å². The number of likely N-dealkylation sites (N-methyl/N-ethyl adjacent to an activating group) is 1. The van der Waals surface area contributed by atoms with E-state index in [0.717, 1.165) is 45.4 Å². The first kappa shape index (κ1) is 22.2. The van der Waals surface area contributed by atoms with Crippen LogP contribution in [0.3, 0.4) is 0 Å². The second-order valence-electron chi connectivity index (χ2n) is 7.11. The van der Waals surface area contributed by atoms with Crippen LogP contribution in [0.4, 0.5) is 0 Å². The molecule has 0 aliphatic carbocycles. The van der Waals surface area contributed by atoms with Crippen LogP contribution in [-0.4, -0.2) is 76.4 Å². The molecule has 7 nitrogen and oxygen atoms in total. The summed E-state index contributed by atoms with van der Waals surface area (Å²) in [6.07, 6.45) is 4.26. The van der Waals surface area contributed by atoms with E-state index in [2.05, 4.69) is 27.8 Å². The molecule has 28 heavy (non-hydrogen) atoms. The zero-order valence-electron chi connectivity index (χ0n) is 17.2. The second-order valence-corrected chi connectivity index (χ2v) is 7.11. The molecule has 1 aromatic rings. The molecule has 0 bridgehead atoms. The van der Waals surface area contributed by atoms with Gasteiger partial charge in [-0.05, 0) is 31.2 Å². The number of rotatable bonds is 11. The van der Waals surface area contributed by atoms with Crippen LogP contribution in [-0.2, 0) is 20.7 Å². The van der Waals surface area contributed by atoms with Gasteiger partial charge in [0.15, 0.2) is 5.96 Å². The van der Waals surface area contributed by atoms with Crippen LogP contribution in [0.2, 0.25) is 0 Å². The van der Waals surface area contributed by atoms with Gasteiger partial charge < -0.3 is 25.0 Å². The predicted molar refractivity (Wildman–Crippen MR) is 112 cm³/mol. The average molecular weight is 391 g/mol. The van der Waals surface area contributed by atoms with Gasteiger partial charge >= 0.3 is 0 Å². The molecule has 1 aliphatic rings. The quantitative estimate of drug-likeness (QED) is 0.340. The summed E-state index contributed by atoms with van der Waals surface area (Å²) in [5.74, 6) is 0.634. The fraction of sp³-hybridized carbons (Fsp3) is 0.619. The third-order valence-electron chi connectivity index (χ3n) is 4.51. The Bertz CT molecular complexity index is 587. The first-order valence-corrected chi connectivity index (χ1v) is 10.1. The number of nitrogens with zero attached hydrogens (tertiary/aromatic N) is 2. The third kappa shape index (κ3) is 9.19. The molecule has 1 atom stereocenters. The van der Waals surface area contributed by atoms with Crippen molar-refractivity contribution in [2.45, 2.75) is 31.8 Å². The number of benzene rings is 1. The van der Waals surface area contributed by atoms with Crippen molar-refractivity contribution in [2.75, 3.05) is 53.6 Å². The topological polar surface area (TPSA) is 75.2 Å². The predicted octanol–water partition coefficient (Wildman–Crippen LogP) is 1.44. The molecule has 1 heterocycles. The zero-order chi connectivity index (χ0) is 20.0. The summed E-state index contributed by atoms with van der Waals surface area (Å²) in [7, 11) is 3.47. The molecule has 0 saturated carbocycles. The summed E-state index contributed by atoms with van der Waals surface area (Å²) >= 11 is 0. The first-order valence-electron chi connectivity index (χ1n) is 10.1. The largest absolute Gasteiger partial charge is 0.379 e. The van der Waals surface area contributed by atoms with Gasteiger partial charge in [-0.1, -0.05) is 30.3 Å². The molecule has 1 fully saturated rings. The van der Waals surface area contributed by atoms with Gasteiger partial charge in [-0.15, -0.1) is 0 Å². The van der Waals surface area contributed by atoms with E-state index in [9.17, 15) is 4.79 Å². The van der Waals surface area contributed by atoms with Crippen LogP contribution in [0, 0.1) is 0 Å². The van der Waals surface area contributed by atoms with E-state index in [1.165, 1.54) is 5.56 Å². The molecule has 0 aromatic heterocycles. The molecule has 0 radical (unpaired) electrons. The summed E-state index contributed by atoms with van der Waals surface area (Å²) in [5.41, 5.74) is 1.27. The van der Waals surface area contributed by atoms with E-state index >= 15 is 0 Å². The summed E-state index contributed by atoms with van der Waals surface area (Å²) < 4.78 is 11.2. The summed E-state index contributed by atoms with van der Waals surface area (Å²) in [6.45, 7) is 3.83. The van der Waals surface area contributed by atoms with Gasteiger partial charge in [-0.3, -0.25) is 4.79 Å². The van der Waals surface area contributed by atoms with E-state index in [1.54, 1.807) is 19.0 Å². The third-order valence-corrected chi connectivity index (χ3v) is 4.51. The highest BCUT2D eigenvalue weighted by molar-refractivity contribution is 5.84. The Morgan fingerprint density at radius 1 is 1.25 bits per heavy atom. The Labute approximate surface area is 168 Å². The average Bonchev–Trinajstić information content (AvgIpc) is 3.22. The maximum Gasteiger partial charge on any atom is 0.243 e. The summed E-state index contributed by atoms with van der Waals surface area (Å²) in [4.78, 5) is 17.8. The highest BCUT2D eigenvalue weighted by Gasteiger charge is 2.14. The van der Waals surface area contributed by atoms with Gasteiger partial charge in [0.1, 0.15) is 6.54 Å². The van der Waals surface area contributed by atoms with Gasteiger partial charge in [0.05, 0.1) is 12.7 Å². The number of carbonyl (C=O) groups excluding carboxylic acids is 1. The van der Waals surface area contributed by atoms with Gasteiger partial charge in [0, 0.05) is 40.4 Å². The lowest BCUT2D eigenvalue weighted by Crippen LogP contribution is -2.40. The standard InChI is InChI=1S/C21H34N4O3/c1-25(2)20(26)16-24-21(23-13-11-18-8-4-3-5-9-18)22-12-7-14-27-17-19-10-6-15-28-19/h3-5,8-9,19H,6-7,10-17H2,1-2H3,(H2,22,23,24). The van der Waals surface area contributed by atoms with Crippen LogP contribution >= 0.6 is 0 Å². The second kappa shape index (κ2) is 13.1. The lowest BCUT2D eigenvalue weighted by Gasteiger charge is -2.14. The molecular formula is C21H34N4O3. The Balaban J connectivity index is 1.68. The number of carbonyl (C=O) groups is 1. The number of nitrogens with one attached hydrogen (secondary N) is 2. The van der Waals surface area contributed by atoms with Crippen LogP contribution in [0.25, 0.3) is 0 Å². The molecule has 2 N–H and O–H groups in total. The Morgan fingerprint density at radius 2 is 2.04 bits per heavy atom. The molecule has 7 heteroatoms. The van der Waals surface area contributed by atoms with Crippen LogP contribution in [0.1, 0.15) is 24.8 Å². The van der Waals surface area contributed by atoms with Crippen molar-refractivity contribution >= 4 is 11.9 Å². The highest BCUT2D eigenvalue weighted by Crippen LogP contribution is 2.11. The minimum Gasteiger partial charge on any atom is -0.379 e. The molecule has 1 aliphatic heterocycles. The maximum atomic E-state index is 11.8. The SMILES string of the molecule is CN(C)C(=O)CN=C(NCCCOCC1CCCO1)NCCc1ccccc1. The van der Waals surface area contributed by atoms with E-state index in [1.807, 2.05) is 18.2 Å². The monoisotopic (exact) mass is 390 g/mol. The van der Waals surface area contributed by atoms with E-state index in [4.69, 9.17) is 9.47 Å². The Kier molecular flexibility index (Phi) is 10.4. The molecule has 1 saturated heterocycles. The normalized spacial score (nSPS) is 16.8. The molecule has 1 aromatic carbocycles. The lowest BCUT2D eigenvalue weighted by atomic mass is 10.1. The number of hydrogen-bond donors (Lipinski definition) is 2. The number of aliphatic imine (C=N–C) groups is 1. The minimum atomic E-state index is -0.0240. The van der Waals surface area contributed by atoms with Crippen molar-refractivity contribution in [1.82, 2.24) is 15.5 Å². The number of hydrogen-bond acceptors (Lipinski definition) is 4. The van der Waals surface area contributed by atoms with Crippen LogP contribution in [0.5, 0.6) is 0 Å². The van der Waals surface area contributed by atoms with E-state index in [-0.39, 0.29) is 18.6 Å². The van der Waals surface area contributed by atoms with E-state index in [0.29, 0.717) is 19.2 Å². The molecule has 1 unspecified atom stereocenters. The molecule has 0 spiro atoms. The van der Waals surface area contributed by atoms with Crippen molar-refractivity contribution in [1.29, 1.82) is 0 Å². The van der Waals surface area contributed by atoms with Crippen molar-refractivity contribution in [3.63, 3.8) is 0 Å². The van der Waals surface area contributed by atoms with Crippen LogP contribution < -0.4 is 10.6 Å². The zero-order valence-corrected chi connectivity index (χ0v) is 17.2. The maximum absolute atomic E-state index is 11.8.